The molecule has 1 saturated carbocycles. The summed E-state index contributed by atoms with van der Waals surface area (Å²) in [7, 11) is 0. The molecule has 1 aliphatic heterocycles. The molecule has 40 heavy (non-hydrogen) atoms. The summed E-state index contributed by atoms with van der Waals surface area (Å²) in [4.78, 5) is 28.6. The van der Waals surface area contributed by atoms with Crippen LogP contribution in [0.5, 0.6) is 0 Å². The molecular formula is C32H40N6O2. The molecule has 1 amide bonds. The van der Waals surface area contributed by atoms with Crippen molar-refractivity contribution in [2.24, 2.45) is 5.92 Å². The molecule has 1 fully saturated rings. The fourth-order valence-corrected chi connectivity index (χ4v) is 6.18. The highest BCUT2D eigenvalue weighted by Gasteiger charge is 2.31. The second-order valence-corrected chi connectivity index (χ2v) is 12.8. The third-order valence-corrected chi connectivity index (χ3v) is 8.57. The molecule has 2 atom stereocenters. The molecule has 6 rings (SSSR count). The molecule has 2 aliphatic carbocycles. The number of rotatable bonds is 5. The van der Waals surface area contributed by atoms with Crippen LogP contribution in [-0.4, -0.2) is 49.5 Å². The van der Waals surface area contributed by atoms with Gasteiger partial charge in [-0.15, -0.1) is 0 Å². The van der Waals surface area contributed by atoms with Crippen molar-refractivity contribution in [1.29, 1.82) is 0 Å². The minimum absolute atomic E-state index is 0.00186. The standard InChI is InChI=1S/C32H40N6O2/c1-19(2)38-15-13-22(18-38)29-35-28-24(12-14-33-30(28)36-29)21-10-11-23-20(16-21)8-6-7-9-25(23)34-31(39)26-17-27(40-37-26)32(3,4)5/h10-12,14,17-20,25H,6-9,13,15-16H2,1-5H3,(H,34,39)(H,33,35,36)/t20?,25-/m0/s1. The zero-order chi connectivity index (χ0) is 28.0. The number of hydrogen-bond acceptors (Lipinski definition) is 6. The van der Waals surface area contributed by atoms with Crippen molar-refractivity contribution in [3.63, 3.8) is 0 Å². The van der Waals surface area contributed by atoms with Gasteiger partial charge in [0.15, 0.2) is 11.3 Å². The lowest BCUT2D eigenvalue weighted by Gasteiger charge is -2.29. The zero-order valence-corrected chi connectivity index (χ0v) is 24.3. The van der Waals surface area contributed by atoms with E-state index in [4.69, 9.17) is 9.51 Å². The monoisotopic (exact) mass is 540 g/mol. The van der Waals surface area contributed by atoms with E-state index in [1.54, 1.807) is 6.07 Å². The van der Waals surface area contributed by atoms with Crippen molar-refractivity contribution >= 4 is 28.2 Å². The topological polar surface area (TPSA) is 99.9 Å². The zero-order valence-electron chi connectivity index (χ0n) is 24.3. The number of imidazole rings is 1. The summed E-state index contributed by atoms with van der Waals surface area (Å²) in [5.74, 6) is 1.86. The minimum atomic E-state index is -0.192. The van der Waals surface area contributed by atoms with E-state index < -0.39 is 0 Å². The summed E-state index contributed by atoms with van der Waals surface area (Å²) < 4.78 is 5.46. The first-order chi connectivity index (χ1) is 19.2. The van der Waals surface area contributed by atoms with Crippen LogP contribution in [0.15, 0.2) is 46.8 Å². The van der Waals surface area contributed by atoms with E-state index in [2.05, 4.69) is 84.4 Å². The number of amides is 1. The Bertz CT molecular complexity index is 1520. The Morgan fingerprint density at radius 1 is 1.18 bits per heavy atom. The van der Waals surface area contributed by atoms with Crippen LogP contribution in [0, 0.1) is 5.92 Å². The van der Waals surface area contributed by atoms with Gasteiger partial charge in [0, 0.05) is 47.6 Å². The molecule has 8 heteroatoms. The summed E-state index contributed by atoms with van der Waals surface area (Å²) in [6.45, 7) is 11.6. The van der Waals surface area contributed by atoms with Crippen LogP contribution in [-0.2, 0) is 5.41 Å². The molecule has 1 unspecified atom stereocenters. The number of nitrogens with one attached hydrogen (secondary N) is 2. The van der Waals surface area contributed by atoms with E-state index in [-0.39, 0.29) is 17.4 Å². The fraction of sp³-hybridized carbons (Fsp3) is 0.500. The lowest BCUT2D eigenvalue weighted by Crippen LogP contribution is -2.38. The molecule has 0 radical (unpaired) electrons. The summed E-state index contributed by atoms with van der Waals surface area (Å²) in [5, 5.41) is 7.33. The van der Waals surface area contributed by atoms with Crippen LogP contribution < -0.4 is 5.32 Å². The van der Waals surface area contributed by atoms with Crippen molar-refractivity contribution in [3.8, 4) is 0 Å². The Morgan fingerprint density at radius 3 is 2.75 bits per heavy atom. The molecule has 8 nitrogen and oxygen atoms in total. The molecule has 0 saturated heterocycles. The number of fused-ring (bicyclic) bond motifs is 2. The average Bonchev–Trinajstić information content (AvgIpc) is 3.67. The normalized spacial score (nSPS) is 21.6. The highest BCUT2D eigenvalue weighted by molar-refractivity contribution is 5.93. The molecule has 3 aromatic heterocycles. The van der Waals surface area contributed by atoms with Crippen molar-refractivity contribution in [2.45, 2.75) is 90.6 Å². The summed E-state index contributed by atoms with van der Waals surface area (Å²) >= 11 is 0. The second kappa shape index (κ2) is 10.4. The Hall–Kier alpha value is -3.68. The van der Waals surface area contributed by atoms with Gasteiger partial charge in [0.25, 0.3) is 5.91 Å². The largest absolute Gasteiger partial charge is 0.374 e. The number of hydrogen-bond donors (Lipinski definition) is 2. The Labute approximate surface area is 236 Å². The third kappa shape index (κ3) is 5.11. The van der Waals surface area contributed by atoms with Gasteiger partial charge >= 0.3 is 0 Å². The van der Waals surface area contributed by atoms with Crippen LogP contribution in [0.3, 0.4) is 0 Å². The van der Waals surface area contributed by atoms with Gasteiger partial charge in [-0.3, -0.25) is 4.79 Å². The summed E-state index contributed by atoms with van der Waals surface area (Å²) in [6, 6.07) is 4.36. The smallest absolute Gasteiger partial charge is 0.273 e. The fourth-order valence-electron chi connectivity index (χ4n) is 6.18. The number of nitrogens with zero attached hydrogens (tertiary/aromatic N) is 4. The number of H-pyrrole nitrogens is 1. The van der Waals surface area contributed by atoms with E-state index in [1.807, 2.05) is 6.20 Å². The molecule has 3 aliphatic rings. The Kier molecular flexibility index (Phi) is 6.88. The minimum Gasteiger partial charge on any atom is -0.374 e. The quantitative estimate of drug-likeness (QED) is 0.388. The van der Waals surface area contributed by atoms with Crippen LogP contribution in [0.1, 0.15) is 101 Å². The van der Waals surface area contributed by atoms with Crippen LogP contribution in [0.2, 0.25) is 0 Å². The van der Waals surface area contributed by atoms with E-state index in [9.17, 15) is 4.79 Å². The van der Waals surface area contributed by atoms with Gasteiger partial charge in [-0.1, -0.05) is 50.9 Å². The molecule has 0 bridgehead atoms. The summed E-state index contributed by atoms with van der Waals surface area (Å²) in [5.41, 5.74) is 6.93. The van der Waals surface area contributed by atoms with Crippen LogP contribution in [0.25, 0.3) is 22.3 Å². The lowest BCUT2D eigenvalue weighted by molar-refractivity contribution is 0.0930. The maximum absolute atomic E-state index is 13.1. The number of carbonyl (C=O) groups excluding carboxylic acids is 1. The lowest BCUT2D eigenvalue weighted by atomic mass is 9.80. The van der Waals surface area contributed by atoms with Crippen molar-refractivity contribution < 1.29 is 9.32 Å². The Balaban J connectivity index is 1.26. The van der Waals surface area contributed by atoms with Gasteiger partial charge < -0.3 is 19.7 Å². The molecule has 210 valence electrons. The Morgan fingerprint density at radius 2 is 2.00 bits per heavy atom. The van der Waals surface area contributed by atoms with Gasteiger partial charge in [-0.2, -0.15) is 0 Å². The molecule has 3 aromatic rings. The van der Waals surface area contributed by atoms with Crippen LogP contribution >= 0.6 is 0 Å². The third-order valence-electron chi connectivity index (χ3n) is 8.57. The first-order valence-electron chi connectivity index (χ1n) is 14.7. The SMILES string of the molecule is CC(C)N1C=C(c2nc3nccc(C4=CC=C5C(CCCC[C@@H]5NC(=O)c5cc(C(C)(C)C)on5)C4)c3[nH]2)CC1. The highest BCUT2D eigenvalue weighted by atomic mass is 16.5. The first kappa shape index (κ1) is 26.5. The number of pyridine rings is 1. The van der Waals surface area contributed by atoms with Gasteiger partial charge in [-0.05, 0) is 62.7 Å². The number of carbonyl (C=O) groups is 1. The molecule has 0 aromatic carbocycles. The molecule has 2 N–H and O–H groups in total. The number of aromatic nitrogens is 4. The summed E-state index contributed by atoms with van der Waals surface area (Å²) in [6.07, 6.45) is 14.8. The van der Waals surface area contributed by atoms with Gasteiger partial charge in [0.05, 0.1) is 11.6 Å². The van der Waals surface area contributed by atoms with Gasteiger partial charge in [0.2, 0.25) is 0 Å². The first-order valence-corrected chi connectivity index (χ1v) is 14.7. The van der Waals surface area contributed by atoms with Gasteiger partial charge in [-0.25, -0.2) is 9.97 Å². The van der Waals surface area contributed by atoms with Crippen molar-refractivity contribution in [1.82, 2.24) is 30.3 Å². The van der Waals surface area contributed by atoms with E-state index >= 15 is 0 Å². The highest BCUT2D eigenvalue weighted by Crippen LogP contribution is 2.40. The number of aromatic amines is 1. The number of allylic oxidation sites excluding steroid dienone is 3. The predicted octanol–water partition coefficient (Wildman–Crippen LogP) is 6.40. The van der Waals surface area contributed by atoms with E-state index in [1.165, 1.54) is 22.3 Å². The van der Waals surface area contributed by atoms with Crippen LogP contribution in [0.4, 0.5) is 0 Å². The molecular weight excluding hydrogens is 500 g/mol. The van der Waals surface area contributed by atoms with Gasteiger partial charge in [0.1, 0.15) is 11.6 Å². The average molecular weight is 541 g/mol. The second-order valence-electron chi connectivity index (χ2n) is 12.8. The maximum Gasteiger partial charge on any atom is 0.273 e. The van der Waals surface area contributed by atoms with E-state index in [0.717, 1.165) is 62.1 Å². The van der Waals surface area contributed by atoms with Crippen molar-refractivity contribution in [3.05, 3.63) is 65.1 Å². The van der Waals surface area contributed by atoms with Crippen molar-refractivity contribution in [2.75, 3.05) is 6.54 Å². The molecule has 4 heterocycles. The van der Waals surface area contributed by atoms with E-state index in [0.29, 0.717) is 23.4 Å². The molecule has 0 spiro atoms. The maximum atomic E-state index is 13.1. The predicted molar refractivity (Wildman–Crippen MR) is 157 cm³/mol.